The van der Waals surface area contributed by atoms with E-state index in [1.165, 1.54) is 23.4 Å². The molecule has 0 fully saturated rings. The molecule has 0 saturated carbocycles. The second-order valence-corrected chi connectivity index (χ2v) is 9.22. The highest BCUT2D eigenvalue weighted by Crippen LogP contribution is 2.49. The molecule has 0 aliphatic heterocycles. The SMILES string of the molecule is C=C(C)c1cnc(N(CC)c2nc3c(s2)C(C)(C)CCC3(C)C)nc1. The molecule has 0 spiro atoms. The predicted octanol–water partition coefficient (Wildman–Crippen LogP) is 5.47. The van der Waals surface area contributed by atoms with E-state index in [0.717, 1.165) is 22.8 Å². The first-order chi connectivity index (χ1) is 11.7. The summed E-state index contributed by atoms with van der Waals surface area (Å²) in [6.07, 6.45) is 6.06. The minimum atomic E-state index is 0.129. The van der Waals surface area contributed by atoms with E-state index in [2.05, 4.69) is 56.1 Å². The van der Waals surface area contributed by atoms with Gasteiger partial charge in [-0.05, 0) is 32.3 Å². The molecule has 0 N–H and O–H groups in total. The van der Waals surface area contributed by atoms with Crippen molar-refractivity contribution in [3.63, 3.8) is 0 Å². The topological polar surface area (TPSA) is 41.9 Å². The van der Waals surface area contributed by atoms with Gasteiger partial charge in [0.05, 0.1) is 5.69 Å². The fourth-order valence-corrected chi connectivity index (χ4v) is 4.68. The molecular formula is C20H28N4S. The lowest BCUT2D eigenvalue weighted by atomic mass is 9.69. The van der Waals surface area contributed by atoms with E-state index in [9.17, 15) is 0 Å². The van der Waals surface area contributed by atoms with Gasteiger partial charge in [0.15, 0.2) is 5.13 Å². The average Bonchev–Trinajstić information content (AvgIpc) is 3.01. The summed E-state index contributed by atoms with van der Waals surface area (Å²) in [4.78, 5) is 17.7. The number of anilines is 2. The molecule has 0 saturated heterocycles. The van der Waals surface area contributed by atoms with Crippen molar-refractivity contribution in [2.24, 2.45) is 0 Å². The summed E-state index contributed by atoms with van der Waals surface area (Å²) in [5.41, 5.74) is 3.51. The average molecular weight is 357 g/mol. The molecule has 4 nitrogen and oxygen atoms in total. The van der Waals surface area contributed by atoms with Gasteiger partial charge < -0.3 is 0 Å². The summed E-state index contributed by atoms with van der Waals surface area (Å²) >= 11 is 1.80. The fourth-order valence-electron chi connectivity index (χ4n) is 3.24. The van der Waals surface area contributed by atoms with Crippen LogP contribution in [0.3, 0.4) is 0 Å². The Bertz CT molecular complexity index is 753. The van der Waals surface area contributed by atoms with Crippen molar-refractivity contribution in [2.75, 3.05) is 11.4 Å². The number of thiazole rings is 1. The van der Waals surface area contributed by atoms with Crippen molar-refractivity contribution in [1.29, 1.82) is 0 Å². The van der Waals surface area contributed by atoms with Crippen molar-refractivity contribution in [2.45, 2.75) is 65.2 Å². The zero-order valence-electron chi connectivity index (χ0n) is 16.2. The lowest BCUT2D eigenvalue weighted by Crippen LogP contribution is -2.32. The summed E-state index contributed by atoms with van der Waals surface area (Å²) in [7, 11) is 0. The zero-order valence-corrected chi connectivity index (χ0v) is 17.0. The Hall–Kier alpha value is -1.75. The normalized spacial score (nSPS) is 17.8. The van der Waals surface area contributed by atoms with Gasteiger partial charge in [-0.3, -0.25) is 4.90 Å². The van der Waals surface area contributed by atoms with Crippen LogP contribution in [-0.2, 0) is 10.8 Å². The molecular weight excluding hydrogens is 328 g/mol. The Kier molecular flexibility index (Phi) is 4.48. The van der Waals surface area contributed by atoms with E-state index in [0.29, 0.717) is 5.95 Å². The van der Waals surface area contributed by atoms with Gasteiger partial charge in [0.2, 0.25) is 5.95 Å². The largest absolute Gasteiger partial charge is 0.286 e. The summed E-state index contributed by atoms with van der Waals surface area (Å²) in [6.45, 7) is 18.1. The smallest absolute Gasteiger partial charge is 0.231 e. The van der Waals surface area contributed by atoms with Crippen LogP contribution in [0, 0.1) is 0 Å². The van der Waals surface area contributed by atoms with Crippen LogP contribution in [-0.4, -0.2) is 21.5 Å². The third-order valence-corrected chi connectivity index (χ3v) is 6.61. The van der Waals surface area contributed by atoms with Gasteiger partial charge >= 0.3 is 0 Å². The Morgan fingerprint density at radius 2 is 1.76 bits per heavy atom. The Morgan fingerprint density at radius 1 is 1.16 bits per heavy atom. The number of fused-ring (bicyclic) bond motifs is 1. The highest BCUT2D eigenvalue weighted by molar-refractivity contribution is 7.16. The molecule has 3 rings (SSSR count). The molecule has 0 bridgehead atoms. The van der Waals surface area contributed by atoms with Crippen LogP contribution in [0.4, 0.5) is 11.1 Å². The second kappa shape index (κ2) is 6.20. The first-order valence-electron chi connectivity index (χ1n) is 8.93. The molecule has 0 atom stereocenters. The molecule has 0 radical (unpaired) electrons. The zero-order chi connectivity index (χ0) is 18.4. The summed E-state index contributed by atoms with van der Waals surface area (Å²) in [5.74, 6) is 0.703. The van der Waals surface area contributed by atoms with Crippen LogP contribution in [0.2, 0.25) is 0 Å². The quantitative estimate of drug-likeness (QED) is 0.728. The van der Waals surface area contributed by atoms with E-state index in [1.807, 2.05) is 19.3 Å². The molecule has 25 heavy (non-hydrogen) atoms. The van der Waals surface area contributed by atoms with E-state index < -0.39 is 0 Å². The van der Waals surface area contributed by atoms with Crippen LogP contribution >= 0.6 is 11.3 Å². The number of aromatic nitrogens is 3. The van der Waals surface area contributed by atoms with E-state index in [-0.39, 0.29) is 10.8 Å². The lowest BCUT2D eigenvalue weighted by molar-refractivity contribution is 0.331. The molecule has 2 aromatic heterocycles. The number of allylic oxidation sites excluding steroid dienone is 1. The fraction of sp³-hybridized carbons (Fsp3) is 0.550. The Labute approximate surface area is 155 Å². The number of nitrogens with zero attached hydrogens (tertiary/aromatic N) is 4. The Balaban J connectivity index is 2.03. The van der Waals surface area contributed by atoms with E-state index in [1.54, 1.807) is 11.3 Å². The number of rotatable bonds is 4. The molecule has 5 heteroatoms. The summed E-state index contributed by atoms with van der Waals surface area (Å²) in [6, 6.07) is 0. The molecule has 1 aliphatic rings. The van der Waals surface area contributed by atoms with Crippen molar-refractivity contribution in [1.82, 2.24) is 15.0 Å². The first kappa shape index (κ1) is 18.1. The maximum Gasteiger partial charge on any atom is 0.231 e. The van der Waals surface area contributed by atoms with Crippen molar-refractivity contribution in [3.8, 4) is 0 Å². The second-order valence-electron chi connectivity index (χ2n) is 8.24. The van der Waals surface area contributed by atoms with Crippen LogP contribution in [0.5, 0.6) is 0 Å². The van der Waals surface area contributed by atoms with Gasteiger partial charge in [-0.25, -0.2) is 15.0 Å². The summed E-state index contributed by atoms with van der Waals surface area (Å²) in [5, 5.41) is 0.999. The lowest BCUT2D eigenvalue weighted by Gasteiger charge is -2.37. The molecule has 0 aromatic carbocycles. The maximum atomic E-state index is 5.05. The van der Waals surface area contributed by atoms with Gasteiger partial charge in [-0.15, -0.1) is 11.3 Å². The number of hydrogen-bond donors (Lipinski definition) is 0. The highest BCUT2D eigenvalue weighted by Gasteiger charge is 2.41. The van der Waals surface area contributed by atoms with Crippen molar-refractivity contribution in [3.05, 3.63) is 35.1 Å². The van der Waals surface area contributed by atoms with Gasteiger partial charge in [-0.1, -0.05) is 34.3 Å². The van der Waals surface area contributed by atoms with E-state index >= 15 is 0 Å². The molecule has 1 aliphatic carbocycles. The van der Waals surface area contributed by atoms with Crippen LogP contribution < -0.4 is 4.90 Å². The number of hydrogen-bond acceptors (Lipinski definition) is 5. The third kappa shape index (κ3) is 3.22. The summed E-state index contributed by atoms with van der Waals surface area (Å²) < 4.78 is 0. The van der Waals surface area contributed by atoms with Gasteiger partial charge in [0, 0.05) is 40.2 Å². The predicted molar refractivity (Wildman–Crippen MR) is 107 cm³/mol. The first-order valence-corrected chi connectivity index (χ1v) is 9.74. The minimum Gasteiger partial charge on any atom is -0.286 e. The third-order valence-electron chi connectivity index (χ3n) is 5.17. The van der Waals surface area contributed by atoms with Crippen molar-refractivity contribution >= 4 is 28.0 Å². The van der Waals surface area contributed by atoms with Crippen molar-refractivity contribution < 1.29 is 0 Å². The maximum absolute atomic E-state index is 5.05. The molecule has 134 valence electrons. The molecule has 0 amide bonds. The van der Waals surface area contributed by atoms with Crippen LogP contribution in [0.15, 0.2) is 19.0 Å². The van der Waals surface area contributed by atoms with Crippen LogP contribution in [0.25, 0.3) is 5.57 Å². The molecule has 2 heterocycles. The minimum absolute atomic E-state index is 0.129. The highest BCUT2D eigenvalue weighted by atomic mass is 32.1. The van der Waals surface area contributed by atoms with Crippen LogP contribution in [0.1, 0.15) is 70.5 Å². The van der Waals surface area contributed by atoms with Gasteiger partial charge in [0.25, 0.3) is 0 Å². The molecule has 2 aromatic rings. The van der Waals surface area contributed by atoms with E-state index in [4.69, 9.17) is 4.98 Å². The standard InChI is InChI=1S/C20H28N4S/c1-8-24(17-21-11-14(12-22-17)13(2)3)18-23-15-16(25-18)20(6,7)10-9-19(15,4)5/h11-12H,2,8-10H2,1,3-7H3. The Morgan fingerprint density at radius 3 is 2.28 bits per heavy atom. The molecule has 0 unspecified atom stereocenters. The van der Waals surface area contributed by atoms with Gasteiger partial charge in [0.1, 0.15) is 0 Å². The monoisotopic (exact) mass is 356 g/mol. The van der Waals surface area contributed by atoms with Gasteiger partial charge in [-0.2, -0.15) is 0 Å².